The number of amides is 1. The highest BCUT2D eigenvalue weighted by atomic mass is 16.2. The first-order valence-corrected chi connectivity index (χ1v) is 6.91. The van der Waals surface area contributed by atoms with E-state index in [4.69, 9.17) is 5.73 Å². The largest absolute Gasteiger partial charge is 0.349 e. The number of carbonyl (C=O) groups excluding carboxylic acids is 1. The monoisotopic (exact) mass is 256 g/mol. The molecule has 1 atom stereocenters. The van der Waals surface area contributed by atoms with Crippen molar-refractivity contribution in [3.05, 3.63) is 0 Å². The number of hydrogen-bond donors (Lipinski definition) is 1. The molecule has 1 aliphatic heterocycles. The van der Waals surface area contributed by atoms with Crippen LogP contribution in [0.15, 0.2) is 0 Å². The van der Waals surface area contributed by atoms with Crippen LogP contribution in [-0.4, -0.2) is 80.0 Å². The van der Waals surface area contributed by atoms with Gasteiger partial charge >= 0.3 is 0 Å². The van der Waals surface area contributed by atoms with Gasteiger partial charge in [-0.05, 0) is 19.9 Å². The van der Waals surface area contributed by atoms with Crippen molar-refractivity contribution in [1.29, 1.82) is 0 Å². The Balaban J connectivity index is 2.14. The first-order chi connectivity index (χ1) is 8.54. The Morgan fingerprint density at radius 3 is 2.39 bits per heavy atom. The highest BCUT2D eigenvalue weighted by Gasteiger charge is 2.19. The highest BCUT2D eigenvalue weighted by molar-refractivity contribution is 5.75. The van der Waals surface area contributed by atoms with Gasteiger partial charge in [-0.25, -0.2) is 0 Å². The lowest BCUT2D eigenvalue weighted by atomic mass is 10.2. The van der Waals surface area contributed by atoms with E-state index in [2.05, 4.69) is 16.7 Å². The van der Waals surface area contributed by atoms with Crippen LogP contribution in [0.2, 0.25) is 0 Å². The minimum atomic E-state index is 0.227. The van der Waals surface area contributed by atoms with E-state index in [0.717, 1.165) is 45.7 Å². The molecule has 1 saturated heterocycles. The number of piperazine rings is 1. The van der Waals surface area contributed by atoms with Gasteiger partial charge in [0.1, 0.15) is 0 Å². The molecule has 0 aromatic rings. The summed E-state index contributed by atoms with van der Waals surface area (Å²) in [5, 5.41) is 0. The minimum Gasteiger partial charge on any atom is -0.349 e. The molecule has 0 aromatic carbocycles. The van der Waals surface area contributed by atoms with E-state index < -0.39 is 0 Å². The SMILES string of the molecule is CC(CN)N1CCN(CCCC(=O)N(C)C)CC1. The van der Waals surface area contributed by atoms with Crippen LogP contribution in [0, 0.1) is 0 Å². The molecule has 0 radical (unpaired) electrons. The standard InChI is InChI=1S/C13H28N4O/c1-12(11-14)17-9-7-16(8-10-17)6-4-5-13(18)15(2)3/h12H,4-11,14H2,1-3H3. The molecule has 1 heterocycles. The van der Waals surface area contributed by atoms with E-state index >= 15 is 0 Å². The predicted octanol–water partition coefficient (Wildman–Crippen LogP) is -0.180. The molecule has 1 fully saturated rings. The van der Waals surface area contributed by atoms with Gasteiger partial charge in [0.05, 0.1) is 0 Å². The summed E-state index contributed by atoms with van der Waals surface area (Å²) in [4.78, 5) is 18.0. The van der Waals surface area contributed by atoms with Gasteiger partial charge in [0.25, 0.3) is 0 Å². The molecule has 1 aliphatic rings. The van der Waals surface area contributed by atoms with Crippen LogP contribution < -0.4 is 5.73 Å². The van der Waals surface area contributed by atoms with Gasteiger partial charge in [-0.2, -0.15) is 0 Å². The molecule has 0 spiro atoms. The van der Waals surface area contributed by atoms with Crippen LogP contribution in [0.1, 0.15) is 19.8 Å². The van der Waals surface area contributed by atoms with Gasteiger partial charge in [0.2, 0.25) is 5.91 Å². The summed E-state index contributed by atoms with van der Waals surface area (Å²) in [7, 11) is 3.63. The summed E-state index contributed by atoms with van der Waals surface area (Å²) >= 11 is 0. The van der Waals surface area contributed by atoms with Gasteiger partial charge < -0.3 is 15.5 Å². The lowest BCUT2D eigenvalue weighted by Crippen LogP contribution is -2.51. The Kier molecular flexibility index (Phi) is 6.60. The second kappa shape index (κ2) is 7.71. The molecule has 2 N–H and O–H groups in total. The topological polar surface area (TPSA) is 52.8 Å². The number of hydrogen-bond acceptors (Lipinski definition) is 4. The van der Waals surface area contributed by atoms with Crippen molar-refractivity contribution in [3.8, 4) is 0 Å². The van der Waals surface area contributed by atoms with Crippen LogP contribution in [0.5, 0.6) is 0 Å². The number of nitrogens with two attached hydrogens (primary N) is 1. The van der Waals surface area contributed by atoms with Crippen LogP contribution in [0.3, 0.4) is 0 Å². The van der Waals surface area contributed by atoms with Crippen molar-refractivity contribution in [2.24, 2.45) is 5.73 Å². The predicted molar refractivity (Wildman–Crippen MR) is 74.5 cm³/mol. The number of nitrogens with zero attached hydrogens (tertiary/aromatic N) is 3. The average Bonchev–Trinajstić information content (AvgIpc) is 2.38. The molecule has 106 valence electrons. The summed E-state index contributed by atoms with van der Waals surface area (Å²) < 4.78 is 0. The molecule has 1 amide bonds. The summed E-state index contributed by atoms with van der Waals surface area (Å²) in [5.41, 5.74) is 5.68. The third-order valence-electron chi connectivity index (χ3n) is 3.74. The third kappa shape index (κ3) is 4.92. The van der Waals surface area contributed by atoms with Crippen molar-refractivity contribution in [1.82, 2.24) is 14.7 Å². The van der Waals surface area contributed by atoms with Crippen LogP contribution in [0.25, 0.3) is 0 Å². The maximum Gasteiger partial charge on any atom is 0.222 e. The van der Waals surface area contributed by atoms with Crippen molar-refractivity contribution in [3.63, 3.8) is 0 Å². The van der Waals surface area contributed by atoms with E-state index in [1.807, 2.05) is 14.1 Å². The number of rotatable bonds is 6. The van der Waals surface area contributed by atoms with Gasteiger partial charge in [0, 0.05) is 59.3 Å². The zero-order valence-corrected chi connectivity index (χ0v) is 12.1. The summed E-state index contributed by atoms with van der Waals surface area (Å²) in [6.45, 7) is 8.34. The van der Waals surface area contributed by atoms with Crippen LogP contribution in [-0.2, 0) is 4.79 Å². The van der Waals surface area contributed by atoms with Crippen LogP contribution >= 0.6 is 0 Å². The summed E-state index contributed by atoms with van der Waals surface area (Å²) in [5.74, 6) is 0.227. The molecule has 0 aromatic heterocycles. The van der Waals surface area contributed by atoms with Crippen molar-refractivity contribution in [2.75, 3.05) is 53.4 Å². The Morgan fingerprint density at radius 1 is 1.28 bits per heavy atom. The number of carbonyl (C=O) groups is 1. The highest BCUT2D eigenvalue weighted by Crippen LogP contribution is 2.07. The van der Waals surface area contributed by atoms with E-state index in [0.29, 0.717) is 12.5 Å². The molecule has 0 aliphatic carbocycles. The lowest BCUT2D eigenvalue weighted by molar-refractivity contribution is -0.128. The maximum absolute atomic E-state index is 11.5. The zero-order valence-electron chi connectivity index (χ0n) is 12.1. The van der Waals surface area contributed by atoms with Gasteiger partial charge in [-0.1, -0.05) is 0 Å². The third-order valence-corrected chi connectivity index (χ3v) is 3.74. The molecule has 1 rings (SSSR count). The van der Waals surface area contributed by atoms with Crippen molar-refractivity contribution >= 4 is 5.91 Å². The first-order valence-electron chi connectivity index (χ1n) is 6.91. The van der Waals surface area contributed by atoms with E-state index in [-0.39, 0.29) is 5.91 Å². The molecule has 18 heavy (non-hydrogen) atoms. The average molecular weight is 256 g/mol. The van der Waals surface area contributed by atoms with E-state index in [1.165, 1.54) is 0 Å². The zero-order chi connectivity index (χ0) is 13.5. The quantitative estimate of drug-likeness (QED) is 0.716. The maximum atomic E-state index is 11.5. The molecule has 5 nitrogen and oxygen atoms in total. The molecular weight excluding hydrogens is 228 g/mol. The Bertz CT molecular complexity index is 249. The lowest BCUT2D eigenvalue weighted by Gasteiger charge is -2.37. The smallest absolute Gasteiger partial charge is 0.222 e. The normalized spacial score (nSPS) is 19.8. The van der Waals surface area contributed by atoms with E-state index in [1.54, 1.807) is 4.90 Å². The van der Waals surface area contributed by atoms with Crippen molar-refractivity contribution in [2.45, 2.75) is 25.8 Å². The fourth-order valence-corrected chi connectivity index (χ4v) is 2.25. The molecule has 1 unspecified atom stereocenters. The Morgan fingerprint density at radius 2 is 1.89 bits per heavy atom. The van der Waals surface area contributed by atoms with Gasteiger partial charge in [-0.3, -0.25) is 9.69 Å². The second-order valence-electron chi connectivity index (χ2n) is 5.35. The molecule has 5 heteroatoms. The summed E-state index contributed by atoms with van der Waals surface area (Å²) in [6, 6.07) is 0.488. The van der Waals surface area contributed by atoms with Gasteiger partial charge in [-0.15, -0.1) is 0 Å². The van der Waals surface area contributed by atoms with Gasteiger partial charge in [0.15, 0.2) is 0 Å². The molecule has 0 bridgehead atoms. The fraction of sp³-hybridized carbons (Fsp3) is 0.923. The Hall–Kier alpha value is -0.650. The molecule has 0 saturated carbocycles. The van der Waals surface area contributed by atoms with Crippen molar-refractivity contribution < 1.29 is 4.79 Å². The minimum absolute atomic E-state index is 0.227. The molecular formula is C13H28N4O. The first kappa shape index (κ1) is 15.4. The van der Waals surface area contributed by atoms with E-state index in [9.17, 15) is 4.79 Å². The summed E-state index contributed by atoms with van der Waals surface area (Å²) in [6.07, 6.45) is 1.62. The second-order valence-corrected chi connectivity index (χ2v) is 5.35. The van der Waals surface area contributed by atoms with Crippen LogP contribution in [0.4, 0.5) is 0 Å². The fourth-order valence-electron chi connectivity index (χ4n) is 2.25. The Labute approximate surface area is 111 Å².